The molecule has 0 aliphatic rings. The Labute approximate surface area is 148 Å². The first kappa shape index (κ1) is 16.1. The van der Waals surface area contributed by atoms with Crippen molar-refractivity contribution in [1.29, 1.82) is 0 Å². The molecule has 3 rings (SSSR count). The summed E-state index contributed by atoms with van der Waals surface area (Å²) in [5.41, 5.74) is 1.29. The number of esters is 1. The van der Waals surface area contributed by atoms with Gasteiger partial charge in [0.15, 0.2) is 11.5 Å². The molecule has 0 amide bonds. The van der Waals surface area contributed by atoms with E-state index in [1.54, 1.807) is 66.7 Å². The molecule has 0 N–H and O–H groups in total. The first-order valence-corrected chi connectivity index (χ1v) is 8.11. The molecule has 0 saturated heterocycles. The molecule has 0 aliphatic heterocycles. The van der Waals surface area contributed by atoms with Crippen molar-refractivity contribution in [3.63, 3.8) is 0 Å². The lowest BCUT2D eigenvalue weighted by Gasteiger charge is -2.11. The van der Waals surface area contributed by atoms with Crippen molar-refractivity contribution < 1.29 is 14.3 Å². The second-order valence-electron chi connectivity index (χ2n) is 5.07. The molecule has 4 heteroatoms. The Morgan fingerprint density at radius 1 is 0.708 bits per heavy atom. The molecule has 0 aromatic heterocycles. The maximum Gasteiger partial charge on any atom is 0.343 e. The van der Waals surface area contributed by atoms with Crippen molar-refractivity contribution in [1.82, 2.24) is 0 Å². The number of hydrogen-bond donors (Lipinski definition) is 0. The number of ether oxygens (including phenoxy) is 1. The minimum Gasteiger partial charge on any atom is -0.421 e. The van der Waals surface area contributed by atoms with Crippen LogP contribution in [-0.4, -0.2) is 11.8 Å². The third-order valence-corrected chi connectivity index (χ3v) is 4.08. The molecule has 0 heterocycles. The van der Waals surface area contributed by atoms with Gasteiger partial charge in [0.25, 0.3) is 0 Å². The average molecular weight is 381 g/mol. The molecule has 3 nitrogen and oxygen atoms in total. The van der Waals surface area contributed by atoms with Gasteiger partial charge in [0.05, 0.1) is 15.6 Å². The summed E-state index contributed by atoms with van der Waals surface area (Å²) in [4.78, 5) is 25.0. The van der Waals surface area contributed by atoms with Gasteiger partial charge in [-0.3, -0.25) is 4.79 Å². The Morgan fingerprint density at radius 2 is 1.29 bits per heavy atom. The van der Waals surface area contributed by atoms with Crippen LogP contribution in [0.1, 0.15) is 26.3 Å². The van der Waals surface area contributed by atoms with Crippen LogP contribution < -0.4 is 4.74 Å². The Kier molecular flexibility index (Phi) is 4.87. The highest BCUT2D eigenvalue weighted by molar-refractivity contribution is 9.10. The fourth-order valence-corrected chi connectivity index (χ4v) is 2.71. The summed E-state index contributed by atoms with van der Waals surface area (Å²) in [6.45, 7) is 0. The predicted octanol–water partition coefficient (Wildman–Crippen LogP) is 4.90. The molecule has 0 bridgehead atoms. The Bertz CT molecular complexity index is 874. The summed E-state index contributed by atoms with van der Waals surface area (Å²) in [7, 11) is 0. The van der Waals surface area contributed by atoms with Gasteiger partial charge in [0.2, 0.25) is 0 Å². The van der Waals surface area contributed by atoms with E-state index in [0.29, 0.717) is 21.2 Å². The van der Waals surface area contributed by atoms with Gasteiger partial charge in [-0.15, -0.1) is 0 Å². The average Bonchev–Trinajstić information content (AvgIpc) is 2.64. The minimum absolute atomic E-state index is 0.201. The third kappa shape index (κ3) is 3.44. The predicted molar refractivity (Wildman–Crippen MR) is 95.4 cm³/mol. The van der Waals surface area contributed by atoms with Gasteiger partial charge in [-0.1, -0.05) is 54.6 Å². The highest BCUT2D eigenvalue weighted by Gasteiger charge is 2.20. The monoisotopic (exact) mass is 380 g/mol. The zero-order valence-corrected chi connectivity index (χ0v) is 14.2. The molecule has 0 spiro atoms. The molecular weight excluding hydrogens is 368 g/mol. The molecule has 0 atom stereocenters. The standard InChI is InChI=1S/C20H13BrO3/c21-17-13-7-12-16(18(22)14-8-3-1-4-9-14)19(17)24-20(23)15-10-5-2-6-11-15/h1-13H. The van der Waals surface area contributed by atoms with Crippen LogP contribution in [0.2, 0.25) is 0 Å². The lowest BCUT2D eigenvalue weighted by atomic mass is 10.0. The zero-order valence-electron chi connectivity index (χ0n) is 12.6. The number of rotatable bonds is 4. The molecule has 24 heavy (non-hydrogen) atoms. The Balaban J connectivity index is 1.97. The van der Waals surface area contributed by atoms with E-state index in [2.05, 4.69) is 15.9 Å². The number of benzene rings is 3. The van der Waals surface area contributed by atoms with Crippen LogP contribution in [0.4, 0.5) is 0 Å². The Morgan fingerprint density at radius 3 is 1.92 bits per heavy atom. The lowest BCUT2D eigenvalue weighted by Crippen LogP contribution is -2.12. The van der Waals surface area contributed by atoms with Crippen molar-refractivity contribution in [3.8, 4) is 5.75 Å². The van der Waals surface area contributed by atoms with Crippen LogP contribution in [0.15, 0.2) is 83.3 Å². The fraction of sp³-hybridized carbons (Fsp3) is 0. The summed E-state index contributed by atoms with van der Waals surface area (Å²) in [6.07, 6.45) is 0. The number of para-hydroxylation sites is 1. The van der Waals surface area contributed by atoms with Crippen LogP contribution in [-0.2, 0) is 0 Å². The third-order valence-electron chi connectivity index (χ3n) is 3.45. The second-order valence-corrected chi connectivity index (χ2v) is 5.92. The van der Waals surface area contributed by atoms with Crippen molar-refractivity contribution in [2.24, 2.45) is 0 Å². The largest absolute Gasteiger partial charge is 0.421 e. The molecule has 0 unspecified atom stereocenters. The smallest absolute Gasteiger partial charge is 0.343 e. The van der Waals surface area contributed by atoms with E-state index in [0.717, 1.165) is 0 Å². The SMILES string of the molecule is O=C(Oc1c(Br)cccc1C(=O)c1ccccc1)c1ccccc1. The van der Waals surface area contributed by atoms with Crippen molar-refractivity contribution in [3.05, 3.63) is 100 Å². The van der Waals surface area contributed by atoms with E-state index < -0.39 is 5.97 Å². The molecule has 3 aromatic carbocycles. The van der Waals surface area contributed by atoms with Gasteiger partial charge in [-0.2, -0.15) is 0 Å². The summed E-state index contributed by atoms with van der Waals surface area (Å²) in [5.74, 6) is -0.488. The number of hydrogen-bond acceptors (Lipinski definition) is 3. The Hall–Kier alpha value is -2.72. The normalized spacial score (nSPS) is 10.2. The maximum absolute atomic E-state index is 12.7. The van der Waals surface area contributed by atoms with E-state index >= 15 is 0 Å². The first-order valence-electron chi connectivity index (χ1n) is 7.32. The van der Waals surface area contributed by atoms with Crippen LogP contribution in [0.5, 0.6) is 5.75 Å². The first-order chi connectivity index (χ1) is 11.7. The van der Waals surface area contributed by atoms with Gasteiger partial charge in [-0.05, 0) is 40.2 Å². The van der Waals surface area contributed by atoms with Crippen molar-refractivity contribution in [2.45, 2.75) is 0 Å². The van der Waals surface area contributed by atoms with Crippen LogP contribution in [0, 0.1) is 0 Å². The fourth-order valence-electron chi connectivity index (χ4n) is 2.26. The quantitative estimate of drug-likeness (QED) is 0.367. The van der Waals surface area contributed by atoms with E-state index in [-0.39, 0.29) is 11.5 Å². The number of carbonyl (C=O) groups excluding carboxylic acids is 2. The van der Waals surface area contributed by atoms with Crippen LogP contribution in [0.25, 0.3) is 0 Å². The van der Waals surface area contributed by atoms with E-state index in [1.807, 2.05) is 12.1 Å². The molecule has 118 valence electrons. The summed E-state index contributed by atoms with van der Waals surface area (Å²) in [6, 6.07) is 22.7. The van der Waals surface area contributed by atoms with E-state index in [1.165, 1.54) is 0 Å². The second kappa shape index (κ2) is 7.23. The summed E-state index contributed by atoms with van der Waals surface area (Å²) >= 11 is 3.36. The summed E-state index contributed by atoms with van der Waals surface area (Å²) < 4.78 is 6.05. The van der Waals surface area contributed by atoms with Gasteiger partial charge < -0.3 is 4.74 Å². The van der Waals surface area contributed by atoms with Gasteiger partial charge in [-0.25, -0.2) is 4.79 Å². The lowest BCUT2D eigenvalue weighted by molar-refractivity contribution is 0.0731. The van der Waals surface area contributed by atoms with E-state index in [4.69, 9.17) is 4.74 Å². The highest BCUT2D eigenvalue weighted by atomic mass is 79.9. The molecule has 0 fully saturated rings. The molecule has 0 saturated carbocycles. The van der Waals surface area contributed by atoms with Crippen LogP contribution in [0.3, 0.4) is 0 Å². The molecule has 0 aliphatic carbocycles. The maximum atomic E-state index is 12.7. The highest BCUT2D eigenvalue weighted by Crippen LogP contribution is 2.31. The molecular formula is C20H13BrO3. The van der Waals surface area contributed by atoms with Gasteiger partial charge in [0.1, 0.15) is 0 Å². The number of carbonyl (C=O) groups is 2. The number of ketones is 1. The number of halogens is 1. The van der Waals surface area contributed by atoms with Gasteiger partial charge >= 0.3 is 5.97 Å². The van der Waals surface area contributed by atoms with E-state index in [9.17, 15) is 9.59 Å². The minimum atomic E-state index is -0.510. The van der Waals surface area contributed by atoms with Crippen molar-refractivity contribution in [2.75, 3.05) is 0 Å². The molecule has 3 aromatic rings. The zero-order chi connectivity index (χ0) is 16.9. The molecule has 0 radical (unpaired) electrons. The van der Waals surface area contributed by atoms with Gasteiger partial charge in [0, 0.05) is 5.56 Å². The van der Waals surface area contributed by atoms with Crippen molar-refractivity contribution >= 4 is 27.7 Å². The summed E-state index contributed by atoms with van der Waals surface area (Å²) in [5, 5.41) is 0. The topological polar surface area (TPSA) is 43.4 Å². The van der Waals surface area contributed by atoms with Crippen LogP contribution >= 0.6 is 15.9 Å².